The summed E-state index contributed by atoms with van der Waals surface area (Å²) >= 11 is 3.57. The summed E-state index contributed by atoms with van der Waals surface area (Å²) in [6.07, 6.45) is 1.97. The Bertz CT molecular complexity index is 608. The van der Waals surface area contributed by atoms with Crippen molar-refractivity contribution in [3.05, 3.63) is 70.3 Å². The molecule has 0 aliphatic carbocycles. The van der Waals surface area contributed by atoms with Crippen molar-refractivity contribution < 1.29 is 8.78 Å². The van der Waals surface area contributed by atoms with E-state index < -0.39 is 11.6 Å². The predicted octanol–water partition coefficient (Wildman–Crippen LogP) is 5.57. The summed E-state index contributed by atoms with van der Waals surface area (Å²) in [5, 5.41) is 0. The van der Waals surface area contributed by atoms with Crippen LogP contribution in [-0.4, -0.2) is 0 Å². The van der Waals surface area contributed by atoms with E-state index in [4.69, 9.17) is 0 Å². The quantitative estimate of drug-likeness (QED) is 0.639. The van der Waals surface area contributed by atoms with E-state index in [0.29, 0.717) is 0 Å². The second kappa shape index (κ2) is 6.49. The van der Waals surface area contributed by atoms with Gasteiger partial charge in [0.05, 0.1) is 4.83 Å². The van der Waals surface area contributed by atoms with E-state index in [1.807, 2.05) is 6.07 Å². The third kappa shape index (κ3) is 3.09. The van der Waals surface area contributed by atoms with Crippen molar-refractivity contribution in [1.82, 2.24) is 0 Å². The van der Waals surface area contributed by atoms with Crippen molar-refractivity contribution in [2.45, 2.75) is 31.5 Å². The van der Waals surface area contributed by atoms with E-state index >= 15 is 0 Å². The Morgan fingerprint density at radius 2 is 1.45 bits per heavy atom. The molecule has 0 heterocycles. The predicted molar refractivity (Wildman–Crippen MR) is 82.3 cm³/mol. The zero-order valence-corrected chi connectivity index (χ0v) is 13.2. The highest BCUT2D eigenvalue weighted by Crippen LogP contribution is 2.32. The Morgan fingerprint density at radius 3 is 2.05 bits per heavy atom. The lowest BCUT2D eigenvalue weighted by atomic mass is 9.96. The van der Waals surface area contributed by atoms with Gasteiger partial charge in [0.15, 0.2) is 11.6 Å². The zero-order chi connectivity index (χ0) is 14.7. The number of hydrogen-bond donors (Lipinski definition) is 0. The average Bonchev–Trinajstić information content (AvgIpc) is 2.48. The van der Waals surface area contributed by atoms with Gasteiger partial charge < -0.3 is 0 Å². The van der Waals surface area contributed by atoms with E-state index in [-0.39, 0.29) is 4.83 Å². The Labute approximate surface area is 127 Å². The lowest BCUT2D eigenvalue weighted by Crippen LogP contribution is -1.98. The summed E-state index contributed by atoms with van der Waals surface area (Å²) in [7, 11) is 0. The SMILES string of the molecule is CCc1ccc(C(Br)c2ccc(F)c(F)c2)cc1CC. The minimum Gasteiger partial charge on any atom is -0.204 e. The molecule has 2 rings (SSSR count). The topological polar surface area (TPSA) is 0 Å². The number of hydrogen-bond acceptors (Lipinski definition) is 0. The van der Waals surface area contributed by atoms with Crippen molar-refractivity contribution in [3.63, 3.8) is 0 Å². The molecule has 0 N–H and O–H groups in total. The van der Waals surface area contributed by atoms with Gasteiger partial charge in [-0.1, -0.05) is 54.0 Å². The number of alkyl halides is 1. The number of benzene rings is 2. The van der Waals surface area contributed by atoms with Gasteiger partial charge in [0, 0.05) is 0 Å². The fourth-order valence-corrected chi connectivity index (χ4v) is 2.91. The molecule has 1 unspecified atom stereocenters. The molecule has 0 saturated carbocycles. The number of aryl methyl sites for hydroxylation is 2. The second-order valence-electron chi connectivity index (χ2n) is 4.77. The fourth-order valence-electron chi connectivity index (χ4n) is 2.34. The lowest BCUT2D eigenvalue weighted by Gasteiger charge is -2.14. The van der Waals surface area contributed by atoms with Crippen molar-refractivity contribution in [2.75, 3.05) is 0 Å². The molecule has 0 fully saturated rings. The first-order chi connectivity index (χ1) is 9.56. The van der Waals surface area contributed by atoms with Crippen LogP contribution in [0.3, 0.4) is 0 Å². The van der Waals surface area contributed by atoms with E-state index in [2.05, 4.69) is 41.9 Å². The summed E-state index contributed by atoms with van der Waals surface area (Å²) in [4.78, 5) is -0.131. The van der Waals surface area contributed by atoms with Crippen LogP contribution >= 0.6 is 15.9 Å². The smallest absolute Gasteiger partial charge is 0.159 e. The van der Waals surface area contributed by atoms with Crippen molar-refractivity contribution in [3.8, 4) is 0 Å². The normalized spacial score (nSPS) is 12.4. The van der Waals surface area contributed by atoms with Gasteiger partial charge in [-0.25, -0.2) is 8.78 Å². The highest BCUT2D eigenvalue weighted by molar-refractivity contribution is 9.09. The Hall–Kier alpha value is -1.22. The maximum atomic E-state index is 13.3. The molecule has 0 amide bonds. The van der Waals surface area contributed by atoms with Crippen molar-refractivity contribution in [1.29, 1.82) is 0 Å². The molecule has 3 heteroatoms. The van der Waals surface area contributed by atoms with Gasteiger partial charge in [-0.3, -0.25) is 0 Å². The van der Waals surface area contributed by atoms with Gasteiger partial charge in [0.2, 0.25) is 0 Å². The summed E-state index contributed by atoms with van der Waals surface area (Å²) in [5.41, 5.74) is 4.42. The largest absolute Gasteiger partial charge is 0.204 e. The van der Waals surface area contributed by atoms with Crippen LogP contribution in [0.15, 0.2) is 36.4 Å². The van der Waals surface area contributed by atoms with Gasteiger partial charge in [0.25, 0.3) is 0 Å². The van der Waals surface area contributed by atoms with Crippen LogP contribution in [0.5, 0.6) is 0 Å². The molecule has 0 nitrogen and oxygen atoms in total. The van der Waals surface area contributed by atoms with Crippen LogP contribution in [-0.2, 0) is 12.8 Å². The van der Waals surface area contributed by atoms with Gasteiger partial charge in [0.1, 0.15) is 0 Å². The lowest BCUT2D eigenvalue weighted by molar-refractivity contribution is 0.507. The average molecular weight is 339 g/mol. The summed E-state index contributed by atoms with van der Waals surface area (Å²) in [5.74, 6) is -1.63. The molecule has 20 heavy (non-hydrogen) atoms. The van der Waals surface area contributed by atoms with E-state index in [9.17, 15) is 8.78 Å². The molecular weight excluding hydrogens is 322 g/mol. The maximum Gasteiger partial charge on any atom is 0.159 e. The Morgan fingerprint density at radius 1 is 0.850 bits per heavy atom. The third-order valence-electron chi connectivity index (χ3n) is 3.52. The summed E-state index contributed by atoms with van der Waals surface area (Å²) < 4.78 is 26.3. The number of halogens is 3. The molecule has 1 atom stereocenters. The fraction of sp³-hybridized carbons (Fsp3) is 0.294. The highest BCUT2D eigenvalue weighted by atomic mass is 79.9. The standard InChI is InChI=1S/C17H17BrF2/c1-3-11-5-6-13(9-12(11)4-2)17(18)14-7-8-15(19)16(20)10-14/h5-10,17H,3-4H2,1-2H3. The van der Waals surface area contributed by atoms with Crippen molar-refractivity contribution in [2.24, 2.45) is 0 Å². The van der Waals surface area contributed by atoms with E-state index in [1.165, 1.54) is 23.3 Å². The first kappa shape index (κ1) is 15.2. The first-order valence-electron chi connectivity index (χ1n) is 6.77. The van der Waals surface area contributed by atoms with Gasteiger partial charge in [-0.2, -0.15) is 0 Å². The van der Waals surface area contributed by atoms with Crippen molar-refractivity contribution >= 4 is 15.9 Å². The van der Waals surface area contributed by atoms with E-state index in [0.717, 1.165) is 24.0 Å². The van der Waals surface area contributed by atoms with Crippen LogP contribution in [0.2, 0.25) is 0 Å². The van der Waals surface area contributed by atoms with Gasteiger partial charge >= 0.3 is 0 Å². The van der Waals surface area contributed by atoms with Gasteiger partial charge in [-0.05, 0) is 47.2 Å². The first-order valence-corrected chi connectivity index (χ1v) is 7.69. The molecular formula is C17H17BrF2. The van der Waals surface area contributed by atoms with Gasteiger partial charge in [-0.15, -0.1) is 0 Å². The van der Waals surface area contributed by atoms with Crippen LogP contribution in [0.1, 0.15) is 40.9 Å². The molecule has 0 aliphatic rings. The van der Waals surface area contributed by atoms with Crippen LogP contribution in [0, 0.1) is 11.6 Å². The van der Waals surface area contributed by atoms with E-state index in [1.54, 1.807) is 6.07 Å². The molecule has 0 saturated heterocycles. The van der Waals surface area contributed by atoms with Crippen LogP contribution in [0.4, 0.5) is 8.78 Å². The third-order valence-corrected chi connectivity index (χ3v) is 4.58. The molecule has 0 bridgehead atoms. The Kier molecular flexibility index (Phi) is 4.92. The van der Waals surface area contributed by atoms with Crippen LogP contribution in [0.25, 0.3) is 0 Å². The minimum absolute atomic E-state index is 0.131. The minimum atomic E-state index is -0.816. The molecule has 0 radical (unpaired) electrons. The molecule has 0 aliphatic heterocycles. The van der Waals surface area contributed by atoms with Crippen LogP contribution < -0.4 is 0 Å². The monoisotopic (exact) mass is 338 g/mol. The molecule has 2 aromatic rings. The molecule has 0 spiro atoms. The second-order valence-corrected chi connectivity index (χ2v) is 5.69. The summed E-state index contributed by atoms with van der Waals surface area (Å²) in [6, 6.07) is 10.3. The molecule has 0 aromatic heterocycles. The molecule has 2 aromatic carbocycles. The zero-order valence-electron chi connectivity index (χ0n) is 11.6. The maximum absolute atomic E-state index is 13.3. The molecule has 106 valence electrons. The number of rotatable bonds is 4. The highest BCUT2D eigenvalue weighted by Gasteiger charge is 2.14. The summed E-state index contributed by atoms with van der Waals surface area (Å²) in [6.45, 7) is 4.26. The Balaban J connectivity index is 2.37.